The molecule has 4 aromatic rings. The number of thiazole rings is 1. The maximum absolute atomic E-state index is 9.60. The number of nitriles is 1. The molecule has 0 unspecified atom stereocenters. The molecule has 0 saturated carbocycles. The van der Waals surface area contributed by atoms with E-state index < -0.39 is 0 Å². The predicted octanol–water partition coefficient (Wildman–Crippen LogP) is 6.34. The van der Waals surface area contributed by atoms with Gasteiger partial charge in [-0.1, -0.05) is 30.3 Å². The van der Waals surface area contributed by atoms with Crippen LogP contribution in [0.3, 0.4) is 0 Å². The quantitative estimate of drug-likeness (QED) is 0.386. The lowest BCUT2D eigenvalue weighted by atomic mass is 10.1. The predicted molar refractivity (Wildman–Crippen MR) is 120 cm³/mol. The van der Waals surface area contributed by atoms with Crippen LogP contribution >= 0.6 is 11.3 Å². The monoisotopic (exact) mass is 397 g/mol. The Morgan fingerprint density at radius 2 is 1.90 bits per heavy atom. The highest BCUT2D eigenvalue weighted by atomic mass is 32.1. The van der Waals surface area contributed by atoms with Crippen LogP contribution in [0, 0.1) is 11.3 Å². The Morgan fingerprint density at radius 1 is 1.10 bits per heavy atom. The molecule has 29 heavy (non-hydrogen) atoms. The molecule has 0 fully saturated rings. The summed E-state index contributed by atoms with van der Waals surface area (Å²) in [6, 6.07) is 24.4. The van der Waals surface area contributed by atoms with Gasteiger partial charge in [0.15, 0.2) is 0 Å². The molecule has 1 heterocycles. The molecule has 4 nitrogen and oxygen atoms in total. The van der Waals surface area contributed by atoms with Crippen molar-refractivity contribution in [2.75, 3.05) is 11.9 Å². The van der Waals surface area contributed by atoms with E-state index in [0.29, 0.717) is 17.2 Å². The minimum Gasteiger partial charge on any atom is -0.494 e. The average molecular weight is 398 g/mol. The molecule has 142 valence electrons. The Morgan fingerprint density at radius 3 is 2.66 bits per heavy atom. The zero-order valence-corrected chi connectivity index (χ0v) is 16.7. The van der Waals surface area contributed by atoms with Crippen molar-refractivity contribution in [1.29, 1.82) is 5.26 Å². The van der Waals surface area contributed by atoms with Gasteiger partial charge in [0.2, 0.25) is 0 Å². The fourth-order valence-electron chi connectivity index (χ4n) is 3.00. The number of nitrogens with one attached hydrogen (secondary N) is 1. The number of hydrogen-bond donors (Lipinski definition) is 1. The number of allylic oxidation sites excluding steroid dienone is 1. The van der Waals surface area contributed by atoms with Crippen LogP contribution in [0.4, 0.5) is 5.69 Å². The van der Waals surface area contributed by atoms with Crippen molar-refractivity contribution in [2.45, 2.75) is 6.92 Å². The minimum atomic E-state index is 0.500. The Kier molecular flexibility index (Phi) is 5.55. The van der Waals surface area contributed by atoms with E-state index in [9.17, 15) is 5.26 Å². The standard InChI is InChI=1S/C24H19N3OS/c1-2-28-22-11-8-18(9-12-22)23-16-29-24(27-23)20(14-25)15-26-21-10-7-17-5-3-4-6-19(17)13-21/h3-13,15-16,26H,2H2,1H3. The zero-order valence-electron chi connectivity index (χ0n) is 15.9. The first-order chi connectivity index (χ1) is 14.3. The maximum atomic E-state index is 9.60. The number of nitrogens with zero attached hydrogens (tertiary/aromatic N) is 2. The summed E-state index contributed by atoms with van der Waals surface area (Å²) >= 11 is 1.46. The van der Waals surface area contributed by atoms with Crippen LogP contribution in [-0.2, 0) is 0 Å². The van der Waals surface area contributed by atoms with Crippen molar-refractivity contribution >= 4 is 33.4 Å². The molecule has 3 aromatic carbocycles. The first kappa shape index (κ1) is 18.7. The highest BCUT2D eigenvalue weighted by molar-refractivity contribution is 7.11. The van der Waals surface area contributed by atoms with Gasteiger partial charge in [-0.3, -0.25) is 0 Å². The number of fused-ring (bicyclic) bond motifs is 1. The van der Waals surface area contributed by atoms with Crippen molar-refractivity contribution in [3.05, 3.63) is 83.3 Å². The van der Waals surface area contributed by atoms with Crippen molar-refractivity contribution < 1.29 is 4.74 Å². The van der Waals surface area contributed by atoms with Crippen LogP contribution in [0.15, 0.2) is 78.3 Å². The largest absolute Gasteiger partial charge is 0.494 e. The van der Waals surface area contributed by atoms with E-state index in [1.807, 2.05) is 54.8 Å². The van der Waals surface area contributed by atoms with Crippen molar-refractivity contribution in [2.24, 2.45) is 0 Å². The average Bonchev–Trinajstić information content (AvgIpc) is 3.25. The van der Waals surface area contributed by atoms with Gasteiger partial charge in [-0.05, 0) is 54.1 Å². The third-order valence-electron chi connectivity index (χ3n) is 4.45. The van der Waals surface area contributed by atoms with Crippen LogP contribution in [0.5, 0.6) is 5.75 Å². The molecule has 0 atom stereocenters. The summed E-state index contributed by atoms with van der Waals surface area (Å²) in [6.07, 6.45) is 1.71. The molecule has 1 aromatic heterocycles. The summed E-state index contributed by atoms with van der Waals surface area (Å²) in [4.78, 5) is 4.64. The van der Waals surface area contributed by atoms with Crippen LogP contribution in [0.25, 0.3) is 27.6 Å². The van der Waals surface area contributed by atoms with E-state index in [1.54, 1.807) is 6.20 Å². The van der Waals surface area contributed by atoms with Gasteiger partial charge in [-0.25, -0.2) is 4.98 Å². The Balaban J connectivity index is 1.53. The van der Waals surface area contributed by atoms with Crippen molar-refractivity contribution in [1.82, 2.24) is 4.98 Å². The SMILES string of the molecule is CCOc1ccc(-c2csc(C(C#N)=CNc3ccc4ccccc4c3)n2)cc1. The molecule has 0 aliphatic rings. The van der Waals surface area contributed by atoms with Gasteiger partial charge < -0.3 is 10.1 Å². The lowest BCUT2D eigenvalue weighted by molar-refractivity contribution is 0.340. The summed E-state index contributed by atoms with van der Waals surface area (Å²) < 4.78 is 5.48. The van der Waals surface area contributed by atoms with Crippen LogP contribution in [0.2, 0.25) is 0 Å². The Bertz CT molecular complexity index is 1200. The first-order valence-electron chi connectivity index (χ1n) is 9.31. The van der Waals surface area contributed by atoms with E-state index in [4.69, 9.17) is 4.74 Å². The van der Waals surface area contributed by atoms with Crippen molar-refractivity contribution in [3.63, 3.8) is 0 Å². The lowest BCUT2D eigenvalue weighted by Crippen LogP contribution is -1.91. The first-order valence-corrected chi connectivity index (χ1v) is 10.2. The van der Waals surface area contributed by atoms with E-state index >= 15 is 0 Å². The molecule has 0 aliphatic carbocycles. The number of ether oxygens (including phenoxy) is 1. The maximum Gasteiger partial charge on any atom is 0.136 e. The minimum absolute atomic E-state index is 0.500. The summed E-state index contributed by atoms with van der Waals surface area (Å²) in [7, 11) is 0. The van der Waals surface area contributed by atoms with Gasteiger partial charge >= 0.3 is 0 Å². The molecule has 5 heteroatoms. The summed E-state index contributed by atoms with van der Waals surface area (Å²) in [5.74, 6) is 0.837. The third kappa shape index (κ3) is 4.29. The second-order valence-electron chi connectivity index (χ2n) is 6.37. The molecule has 4 rings (SSSR count). The van der Waals surface area contributed by atoms with Crippen LogP contribution in [-0.4, -0.2) is 11.6 Å². The highest BCUT2D eigenvalue weighted by Crippen LogP contribution is 2.28. The van der Waals surface area contributed by atoms with Crippen LogP contribution in [0.1, 0.15) is 11.9 Å². The van der Waals surface area contributed by atoms with Gasteiger partial charge in [0, 0.05) is 22.8 Å². The third-order valence-corrected chi connectivity index (χ3v) is 5.32. The van der Waals surface area contributed by atoms with E-state index in [-0.39, 0.29) is 0 Å². The number of aromatic nitrogens is 1. The molecule has 0 aliphatic heterocycles. The summed E-state index contributed by atoms with van der Waals surface area (Å²) in [6.45, 7) is 2.60. The normalized spacial score (nSPS) is 11.2. The van der Waals surface area contributed by atoms with E-state index in [0.717, 1.165) is 28.1 Å². The molecule has 0 amide bonds. The Hall–Kier alpha value is -3.62. The molecule has 1 N–H and O–H groups in total. The topological polar surface area (TPSA) is 57.9 Å². The van der Waals surface area contributed by atoms with Gasteiger partial charge in [0.1, 0.15) is 22.4 Å². The second kappa shape index (κ2) is 8.59. The second-order valence-corrected chi connectivity index (χ2v) is 7.23. The number of rotatable bonds is 6. The van der Waals surface area contributed by atoms with Gasteiger partial charge in [-0.15, -0.1) is 11.3 Å². The Labute approximate surface area is 173 Å². The fraction of sp³-hybridized carbons (Fsp3) is 0.0833. The number of benzene rings is 3. The van der Waals surface area contributed by atoms with Gasteiger partial charge in [0.05, 0.1) is 12.3 Å². The molecular weight excluding hydrogens is 378 g/mol. The lowest BCUT2D eigenvalue weighted by Gasteiger charge is -2.04. The fourth-order valence-corrected chi connectivity index (χ4v) is 3.79. The number of hydrogen-bond acceptors (Lipinski definition) is 5. The number of anilines is 1. The molecule has 0 bridgehead atoms. The van der Waals surface area contributed by atoms with Crippen LogP contribution < -0.4 is 10.1 Å². The van der Waals surface area contributed by atoms with E-state index in [2.05, 4.69) is 40.6 Å². The summed E-state index contributed by atoms with van der Waals surface area (Å²) in [5.41, 5.74) is 3.27. The highest BCUT2D eigenvalue weighted by Gasteiger charge is 2.09. The van der Waals surface area contributed by atoms with Gasteiger partial charge in [0.25, 0.3) is 0 Å². The molecular formula is C24H19N3OS. The van der Waals surface area contributed by atoms with Gasteiger partial charge in [-0.2, -0.15) is 5.26 Å². The molecule has 0 spiro atoms. The molecule has 0 radical (unpaired) electrons. The van der Waals surface area contributed by atoms with Crippen molar-refractivity contribution in [3.8, 4) is 23.1 Å². The van der Waals surface area contributed by atoms with E-state index in [1.165, 1.54) is 16.7 Å². The summed E-state index contributed by atoms with van der Waals surface area (Å²) in [5, 5.41) is 17.8. The molecule has 0 saturated heterocycles. The smallest absolute Gasteiger partial charge is 0.136 e. The zero-order chi connectivity index (χ0) is 20.1.